The van der Waals surface area contributed by atoms with E-state index in [1.165, 1.54) is 12.2 Å². The van der Waals surface area contributed by atoms with E-state index < -0.39 is 9.84 Å². The quantitative estimate of drug-likeness (QED) is 0.415. The maximum Gasteiger partial charge on any atom is 0.191 e. The molecule has 0 bridgehead atoms. The molecule has 1 rings (SSSR count). The molecule has 1 aliphatic rings. The molecule has 1 fully saturated rings. The van der Waals surface area contributed by atoms with Crippen LogP contribution in [0.1, 0.15) is 26.2 Å². The van der Waals surface area contributed by atoms with Gasteiger partial charge in [-0.2, -0.15) is 11.8 Å². The van der Waals surface area contributed by atoms with Crippen LogP contribution < -0.4 is 10.6 Å². The summed E-state index contributed by atoms with van der Waals surface area (Å²) >= 11 is 1.85. The van der Waals surface area contributed by atoms with Gasteiger partial charge in [0.2, 0.25) is 0 Å². The molecule has 1 saturated heterocycles. The first-order valence-corrected chi connectivity index (χ1v) is 10.0. The monoisotopic (exact) mass is 307 g/mol. The molecule has 19 heavy (non-hydrogen) atoms. The third-order valence-corrected chi connectivity index (χ3v) is 5.41. The summed E-state index contributed by atoms with van der Waals surface area (Å²) in [5.41, 5.74) is 0. The van der Waals surface area contributed by atoms with Crippen molar-refractivity contribution in [3.8, 4) is 0 Å². The van der Waals surface area contributed by atoms with Gasteiger partial charge >= 0.3 is 0 Å². The van der Waals surface area contributed by atoms with Crippen LogP contribution >= 0.6 is 11.8 Å². The fourth-order valence-corrected chi connectivity index (χ4v) is 4.14. The fourth-order valence-electron chi connectivity index (χ4n) is 1.97. The molecular formula is C12H25N3O2S2. The number of guanidine groups is 1. The lowest BCUT2D eigenvalue weighted by Crippen LogP contribution is -2.44. The van der Waals surface area contributed by atoms with Gasteiger partial charge in [-0.05, 0) is 38.2 Å². The van der Waals surface area contributed by atoms with Gasteiger partial charge in [0.05, 0.1) is 11.5 Å². The molecule has 0 spiro atoms. The summed E-state index contributed by atoms with van der Waals surface area (Å²) in [7, 11) is -2.84. The van der Waals surface area contributed by atoms with Gasteiger partial charge in [-0.3, -0.25) is 4.99 Å². The van der Waals surface area contributed by atoms with Crippen LogP contribution in [0.4, 0.5) is 0 Å². The summed E-state index contributed by atoms with van der Waals surface area (Å²) in [6.07, 6.45) is 5.02. The molecule has 0 aromatic rings. The summed E-state index contributed by atoms with van der Waals surface area (Å²) in [4.78, 5) is 4.49. The molecule has 1 aliphatic heterocycles. The Labute approximate surface area is 120 Å². The molecule has 0 aromatic heterocycles. The van der Waals surface area contributed by atoms with E-state index >= 15 is 0 Å². The van der Waals surface area contributed by atoms with E-state index in [9.17, 15) is 8.42 Å². The number of nitrogens with one attached hydrogen (secondary N) is 2. The van der Waals surface area contributed by atoms with Crippen LogP contribution in [0.2, 0.25) is 0 Å². The van der Waals surface area contributed by atoms with Crippen LogP contribution in [-0.2, 0) is 9.84 Å². The average Bonchev–Trinajstić information content (AvgIpc) is 2.68. The molecule has 0 saturated carbocycles. The zero-order valence-electron chi connectivity index (χ0n) is 11.8. The van der Waals surface area contributed by atoms with Crippen molar-refractivity contribution >= 4 is 27.6 Å². The Morgan fingerprint density at radius 2 is 2.21 bits per heavy atom. The standard InChI is InChI=1S/C12H25N3O2S2/c1-3-13-12(14-7-4-5-8-18-2)15-11-6-9-19(16,17)10-11/h11H,3-10H2,1-2H3,(H2,13,14,15). The van der Waals surface area contributed by atoms with E-state index in [0.29, 0.717) is 6.42 Å². The highest BCUT2D eigenvalue weighted by molar-refractivity contribution is 7.98. The van der Waals surface area contributed by atoms with E-state index in [1.807, 2.05) is 18.7 Å². The molecule has 2 N–H and O–H groups in total. The number of rotatable bonds is 7. The third-order valence-electron chi connectivity index (χ3n) is 2.94. The molecule has 0 aliphatic carbocycles. The highest BCUT2D eigenvalue weighted by Gasteiger charge is 2.28. The summed E-state index contributed by atoms with van der Waals surface area (Å²) < 4.78 is 22.8. The second-order valence-electron chi connectivity index (χ2n) is 4.70. The lowest BCUT2D eigenvalue weighted by molar-refractivity contribution is 0.599. The second kappa shape index (κ2) is 8.68. The van der Waals surface area contributed by atoms with Crippen molar-refractivity contribution in [2.24, 2.45) is 4.99 Å². The molecular weight excluding hydrogens is 282 g/mol. The molecule has 1 unspecified atom stereocenters. The third kappa shape index (κ3) is 7.06. The summed E-state index contributed by atoms with van der Waals surface area (Å²) in [5, 5.41) is 6.38. The van der Waals surface area contributed by atoms with Crippen LogP contribution in [0.25, 0.3) is 0 Å². The number of thioether (sulfide) groups is 1. The van der Waals surface area contributed by atoms with Crippen molar-refractivity contribution in [2.75, 3.05) is 36.6 Å². The lowest BCUT2D eigenvalue weighted by Gasteiger charge is -2.15. The number of hydrogen-bond donors (Lipinski definition) is 2. The SMILES string of the molecule is CCNC(=NCCCCSC)NC1CCS(=O)(=O)C1. The van der Waals surface area contributed by atoms with Gasteiger partial charge in [-0.15, -0.1) is 0 Å². The first-order chi connectivity index (χ1) is 9.07. The summed E-state index contributed by atoms with van der Waals surface area (Å²) in [6, 6.07) is 0.00833. The minimum Gasteiger partial charge on any atom is -0.357 e. The Balaban J connectivity index is 2.37. The van der Waals surface area contributed by atoms with E-state index in [1.54, 1.807) is 0 Å². The molecule has 112 valence electrons. The molecule has 0 amide bonds. The Kier molecular flexibility index (Phi) is 7.60. The maximum absolute atomic E-state index is 11.4. The molecule has 1 atom stereocenters. The Hall–Kier alpha value is -0.430. The predicted molar refractivity (Wildman–Crippen MR) is 83.8 cm³/mol. The van der Waals surface area contributed by atoms with Crippen LogP contribution in [0.3, 0.4) is 0 Å². The lowest BCUT2D eigenvalue weighted by atomic mass is 10.3. The highest BCUT2D eigenvalue weighted by atomic mass is 32.2. The molecule has 0 aromatic carbocycles. The van der Waals surface area contributed by atoms with Gasteiger partial charge < -0.3 is 10.6 Å². The topological polar surface area (TPSA) is 70.6 Å². The van der Waals surface area contributed by atoms with Gasteiger partial charge in [0.1, 0.15) is 0 Å². The van der Waals surface area contributed by atoms with Crippen molar-refractivity contribution < 1.29 is 8.42 Å². The number of nitrogens with zero attached hydrogens (tertiary/aromatic N) is 1. The van der Waals surface area contributed by atoms with Crippen molar-refractivity contribution in [2.45, 2.75) is 32.2 Å². The van der Waals surface area contributed by atoms with Crippen LogP contribution in [0.15, 0.2) is 4.99 Å². The normalized spacial score (nSPS) is 22.4. The van der Waals surface area contributed by atoms with E-state index in [4.69, 9.17) is 0 Å². The van der Waals surface area contributed by atoms with E-state index in [0.717, 1.165) is 25.5 Å². The number of hydrogen-bond acceptors (Lipinski definition) is 4. The smallest absolute Gasteiger partial charge is 0.191 e. The molecule has 5 nitrogen and oxygen atoms in total. The Bertz CT molecular complexity index is 382. The van der Waals surface area contributed by atoms with Crippen LogP contribution in [0.5, 0.6) is 0 Å². The molecule has 1 heterocycles. The number of unbranched alkanes of at least 4 members (excludes halogenated alkanes) is 1. The maximum atomic E-state index is 11.4. The minimum absolute atomic E-state index is 0.00833. The fraction of sp³-hybridized carbons (Fsp3) is 0.917. The number of sulfone groups is 1. The second-order valence-corrected chi connectivity index (χ2v) is 7.92. The zero-order chi connectivity index (χ0) is 14.1. The Morgan fingerprint density at radius 3 is 2.79 bits per heavy atom. The predicted octanol–water partition coefficient (Wildman–Crippen LogP) is 0.872. The first kappa shape index (κ1) is 16.6. The van der Waals surface area contributed by atoms with Gasteiger partial charge in [-0.1, -0.05) is 0 Å². The van der Waals surface area contributed by atoms with Crippen molar-refractivity contribution in [3.63, 3.8) is 0 Å². The highest BCUT2D eigenvalue weighted by Crippen LogP contribution is 2.11. The summed E-state index contributed by atoms with van der Waals surface area (Å²) in [5.74, 6) is 2.43. The zero-order valence-corrected chi connectivity index (χ0v) is 13.4. The van der Waals surface area contributed by atoms with Gasteiger partial charge in [0.25, 0.3) is 0 Å². The first-order valence-electron chi connectivity index (χ1n) is 6.81. The number of aliphatic imine (C=N–C) groups is 1. The van der Waals surface area contributed by atoms with Crippen LogP contribution in [-0.4, -0.2) is 57.0 Å². The molecule has 7 heteroatoms. The molecule has 0 radical (unpaired) electrons. The average molecular weight is 307 g/mol. The van der Waals surface area contributed by atoms with Crippen molar-refractivity contribution in [1.29, 1.82) is 0 Å². The van der Waals surface area contributed by atoms with Crippen LogP contribution in [0, 0.1) is 0 Å². The van der Waals surface area contributed by atoms with E-state index in [2.05, 4.69) is 21.9 Å². The van der Waals surface area contributed by atoms with Gasteiger partial charge in [-0.25, -0.2) is 8.42 Å². The van der Waals surface area contributed by atoms with Gasteiger partial charge in [0, 0.05) is 19.1 Å². The van der Waals surface area contributed by atoms with Crippen molar-refractivity contribution in [3.05, 3.63) is 0 Å². The minimum atomic E-state index is -2.84. The summed E-state index contributed by atoms with van der Waals surface area (Å²) in [6.45, 7) is 3.59. The van der Waals surface area contributed by atoms with E-state index in [-0.39, 0.29) is 17.5 Å². The Morgan fingerprint density at radius 1 is 1.42 bits per heavy atom. The largest absolute Gasteiger partial charge is 0.357 e. The van der Waals surface area contributed by atoms with Gasteiger partial charge in [0.15, 0.2) is 15.8 Å². The van der Waals surface area contributed by atoms with Crippen molar-refractivity contribution in [1.82, 2.24) is 10.6 Å².